The Bertz CT molecular complexity index is 1170. The van der Waals surface area contributed by atoms with Gasteiger partial charge >= 0.3 is 5.97 Å². The van der Waals surface area contributed by atoms with E-state index in [4.69, 9.17) is 5.11 Å². The second-order valence-electron chi connectivity index (χ2n) is 9.47. The fraction of sp³-hybridized carbons (Fsp3) is 0.462. The average molecular weight is 550 g/mol. The van der Waals surface area contributed by atoms with Crippen molar-refractivity contribution in [2.75, 3.05) is 13.1 Å². The highest BCUT2D eigenvalue weighted by Gasteiger charge is 2.31. The minimum Gasteiger partial charge on any atom is -0.481 e. The zero-order valence-electron chi connectivity index (χ0n) is 21.5. The highest BCUT2D eigenvalue weighted by molar-refractivity contribution is 7.89. The van der Waals surface area contributed by atoms with Crippen molar-refractivity contribution in [3.05, 3.63) is 70.3 Å². The van der Waals surface area contributed by atoms with Crippen LogP contribution in [-0.4, -0.2) is 65.0 Å². The number of benzene rings is 2. The van der Waals surface area contributed by atoms with Gasteiger partial charge in [0.2, 0.25) is 15.9 Å². The fourth-order valence-electron chi connectivity index (χ4n) is 3.77. The van der Waals surface area contributed by atoms with E-state index in [9.17, 15) is 33.2 Å². The molecule has 0 fully saturated rings. The first-order chi connectivity index (χ1) is 17.9. The Morgan fingerprint density at radius 1 is 1.05 bits per heavy atom. The SMILES string of the molecule is CC(C)CCN(C[C@@H](O)[C@H](Cc1ccccc1)NC(=O)CCCC(=O)O)S(=O)(=O)c1ccc([N+](=O)[O-])cc1. The number of non-ortho nitro benzene ring substituents is 1. The summed E-state index contributed by atoms with van der Waals surface area (Å²) < 4.78 is 28.1. The van der Waals surface area contributed by atoms with Gasteiger partial charge in [0.15, 0.2) is 0 Å². The molecule has 38 heavy (non-hydrogen) atoms. The maximum atomic E-state index is 13.5. The summed E-state index contributed by atoms with van der Waals surface area (Å²) in [5, 5.41) is 33.7. The first-order valence-electron chi connectivity index (χ1n) is 12.4. The summed E-state index contributed by atoms with van der Waals surface area (Å²) >= 11 is 0. The summed E-state index contributed by atoms with van der Waals surface area (Å²) in [6.45, 7) is 3.64. The van der Waals surface area contributed by atoms with Crippen LogP contribution in [-0.2, 0) is 26.0 Å². The first-order valence-corrected chi connectivity index (χ1v) is 13.8. The molecule has 11 nitrogen and oxygen atoms in total. The summed E-state index contributed by atoms with van der Waals surface area (Å²) in [5.74, 6) is -1.30. The highest BCUT2D eigenvalue weighted by atomic mass is 32.2. The van der Waals surface area contributed by atoms with Crippen molar-refractivity contribution >= 4 is 27.6 Å². The van der Waals surface area contributed by atoms with Gasteiger partial charge in [-0.05, 0) is 42.9 Å². The van der Waals surface area contributed by atoms with Crippen LogP contribution in [0.3, 0.4) is 0 Å². The molecule has 0 saturated heterocycles. The van der Waals surface area contributed by atoms with Gasteiger partial charge in [0.25, 0.3) is 5.69 Å². The molecule has 0 spiro atoms. The molecule has 2 rings (SSSR count). The number of hydrogen-bond acceptors (Lipinski definition) is 7. The number of hydrogen-bond donors (Lipinski definition) is 3. The summed E-state index contributed by atoms with van der Waals surface area (Å²) in [6.07, 6.45) is -0.659. The molecule has 3 N–H and O–H groups in total. The third-order valence-electron chi connectivity index (χ3n) is 5.94. The zero-order valence-corrected chi connectivity index (χ0v) is 22.3. The highest BCUT2D eigenvalue weighted by Crippen LogP contribution is 2.22. The molecule has 0 heterocycles. The number of amides is 1. The molecule has 2 aromatic rings. The molecule has 0 aromatic heterocycles. The minimum atomic E-state index is -4.12. The van der Waals surface area contributed by atoms with Crippen LogP contribution in [0.5, 0.6) is 0 Å². The van der Waals surface area contributed by atoms with Crippen molar-refractivity contribution in [2.45, 2.75) is 63.0 Å². The van der Waals surface area contributed by atoms with Gasteiger partial charge in [-0.2, -0.15) is 4.31 Å². The quantitative estimate of drug-likeness (QED) is 0.212. The van der Waals surface area contributed by atoms with Gasteiger partial charge < -0.3 is 15.5 Å². The molecule has 0 aliphatic carbocycles. The monoisotopic (exact) mass is 549 g/mol. The number of nitrogens with zero attached hydrogens (tertiary/aromatic N) is 2. The molecular weight excluding hydrogens is 514 g/mol. The van der Waals surface area contributed by atoms with Gasteiger partial charge in [0.1, 0.15) is 0 Å². The second kappa shape index (κ2) is 14.6. The molecule has 0 radical (unpaired) electrons. The van der Waals surface area contributed by atoms with E-state index in [1.807, 2.05) is 32.0 Å². The number of rotatable bonds is 16. The van der Waals surface area contributed by atoms with Crippen molar-refractivity contribution in [3.63, 3.8) is 0 Å². The molecule has 2 aromatic carbocycles. The summed E-state index contributed by atoms with van der Waals surface area (Å²) in [6, 6.07) is 12.8. The van der Waals surface area contributed by atoms with E-state index >= 15 is 0 Å². The standard InChI is InChI=1S/C26H35N3O8S/c1-19(2)15-16-28(38(36,37)22-13-11-21(12-14-22)29(34)35)18-24(30)23(17-20-7-4-3-5-8-20)27-25(31)9-6-10-26(32)33/h3-5,7-8,11-14,19,23-24,30H,6,9-10,15-18H2,1-2H3,(H,27,31)(H,32,33)/t23-,24+/m0/s1. The van der Waals surface area contributed by atoms with Crippen molar-refractivity contribution in [2.24, 2.45) is 5.92 Å². The third kappa shape index (κ3) is 9.84. The molecule has 0 bridgehead atoms. The predicted molar refractivity (Wildman–Crippen MR) is 141 cm³/mol. The molecule has 0 aliphatic heterocycles. The normalized spacial score (nSPS) is 13.3. The second-order valence-corrected chi connectivity index (χ2v) is 11.4. The smallest absolute Gasteiger partial charge is 0.303 e. The minimum absolute atomic E-state index is 0.0531. The van der Waals surface area contributed by atoms with Crippen LogP contribution in [0, 0.1) is 16.0 Å². The number of sulfonamides is 1. The molecular formula is C26H35N3O8S. The van der Waals surface area contributed by atoms with Crippen LogP contribution in [0.2, 0.25) is 0 Å². The number of nitro benzene ring substituents is 1. The number of nitrogens with one attached hydrogen (secondary N) is 1. The van der Waals surface area contributed by atoms with Crippen molar-refractivity contribution in [1.82, 2.24) is 9.62 Å². The lowest BCUT2D eigenvalue weighted by atomic mass is 10.0. The summed E-state index contributed by atoms with van der Waals surface area (Å²) in [5.41, 5.74) is 0.570. The van der Waals surface area contributed by atoms with E-state index in [1.165, 1.54) is 0 Å². The number of carbonyl (C=O) groups is 2. The molecule has 0 saturated carbocycles. The number of aliphatic hydroxyl groups is 1. The van der Waals surface area contributed by atoms with Crippen molar-refractivity contribution in [3.8, 4) is 0 Å². The van der Waals surface area contributed by atoms with E-state index < -0.39 is 39.0 Å². The average Bonchev–Trinajstić information content (AvgIpc) is 2.86. The van der Waals surface area contributed by atoms with Gasteiger partial charge in [-0.15, -0.1) is 0 Å². The Labute approximate surface area is 222 Å². The lowest BCUT2D eigenvalue weighted by molar-refractivity contribution is -0.384. The van der Waals surface area contributed by atoms with Gasteiger partial charge in [-0.25, -0.2) is 8.42 Å². The van der Waals surface area contributed by atoms with E-state index in [0.717, 1.165) is 34.1 Å². The van der Waals surface area contributed by atoms with E-state index in [2.05, 4.69) is 5.32 Å². The molecule has 0 aliphatic rings. The lowest BCUT2D eigenvalue weighted by Gasteiger charge is -2.30. The van der Waals surface area contributed by atoms with Crippen LogP contribution in [0.25, 0.3) is 0 Å². The maximum absolute atomic E-state index is 13.5. The maximum Gasteiger partial charge on any atom is 0.303 e. The molecule has 208 valence electrons. The molecule has 1 amide bonds. The van der Waals surface area contributed by atoms with Gasteiger partial charge in [-0.1, -0.05) is 44.2 Å². The Hall–Kier alpha value is -3.35. The zero-order chi connectivity index (χ0) is 28.3. The Kier molecular flexibility index (Phi) is 11.8. The van der Waals surface area contributed by atoms with Crippen LogP contribution in [0.4, 0.5) is 5.69 Å². The van der Waals surface area contributed by atoms with E-state index in [-0.39, 0.29) is 55.3 Å². The van der Waals surface area contributed by atoms with Gasteiger partial charge in [0.05, 0.1) is 22.0 Å². The fourth-order valence-corrected chi connectivity index (χ4v) is 5.24. The van der Waals surface area contributed by atoms with E-state index in [0.29, 0.717) is 6.42 Å². The number of aliphatic carboxylic acids is 1. The number of aliphatic hydroxyl groups excluding tert-OH is 1. The first kappa shape index (κ1) is 30.9. The number of nitro groups is 1. The van der Waals surface area contributed by atoms with Crippen molar-refractivity contribution in [1.29, 1.82) is 0 Å². The van der Waals surface area contributed by atoms with Gasteiger partial charge in [-0.3, -0.25) is 19.7 Å². The topological polar surface area (TPSA) is 167 Å². The predicted octanol–water partition coefficient (Wildman–Crippen LogP) is 2.97. The van der Waals surface area contributed by atoms with Crippen LogP contribution in [0.1, 0.15) is 45.1 Å². The van der Waals surface area contributed by atoms with E-state index in [1.54, 1.807) is 12.1 Å². The largest absolute Gasteiger partial charge is 0.481 e. The van der Waals surface area contributed by atoms with Gasteiger partial charge in [0, 0.05) is 38.1 Å². The van der Waals surface area contributed by atoms with Crippen LogP contribution >= 0.6 is 0 Å². The molecule has 0 unspecified atom stereocenters. The Morgan fingerprint density at radius 3 is 2.24 bits per heavy atom. The number of carbonyl (C=O) groups excluding carboxylic acids is 1. The van der Waals surface area contributed by atoms with Crippen LogP contribution in [0.15, 0.2) is 59.5 Å². The van der Waals surface area contributed by atoms with Crippen molar-refractivity contribution < 1.29 is 33.1 Å². The number of carboxylic acids is 1. The lowest BCUT2D eigenvalue weighted by Crippen LogP contribution is -2.50. The Balaban J connectivity index is 2.29. The molecule has 12 heteroatoms. The summed E-state index contributed by atoms with van der Waals surface area (Å²) in [4.78, 5) is 33.5. The van der Waals surface area contributed by atoms with Crippen LogP contribution < -0.4 is 5.32 Å². The Morgan fingerprint density at radius 2 is 1.68 bits per heavy atom. The third-order valence-corrected chi connectivity index (χ3v) is 7.81. The number of carboxylic acid groups (broad SMARTS) is 1. The molecule has 2 atom stereocenters. The summed E-state index contributed by atoms with van der Waals surface area (Å²) in [7, 11) is -4.12.